The van der Waals surface area contributed by atoms with Gasteiger partial charge in [0.2, 0.25) is 53.2 Å². The van der Waals surface area contributed by atoms with Crippen molar-refractivity contribution in [3.63, 3.8) is 0 Å². The monoisotopic (exact) mass is 1550 g/mol. The van der Waals surface area contributed by atoms with Crippen molar-refractivity contribution in [2.24, 2.45) is 16.0 Å². The number of fused-ring (bicyclic) bond motifs is 1. The van der Waals surface area contributed by atoms with Crippen LogP contribution in [0.4, 0.5) is 22.7 Å². The van der Waals surface area contributed by atoms with Crippen molar-refractivity contribution >= 4 is 138 Å². The van der Waals surface area contributed by atoms with E-state index in [9.17, 15) is 115 Å². The molecule has 0 heterocycles. The van der Waals surface area contributed by atoms with Crippen molar-refractivity contribution in [2.75, 3.05) is 50.6 Å². The summed E-state index contributed by atoms with van der Waals surface area (Å²) in [6.07, 6.45) is -8.82. The lowest BCUT2D eigenvalue weighted by Crippen LogP contribution is -2.60. The molecule has 0 aliphatic rings. The maximum absolute atomic E-state index is 14.4. The minimum atomic E-state index is -4.67. The van der Waals surface area contributed by atoms with E-state index in [1.807, 2.05) is 43.3 Å². The fraction of sp³-hybridized carbons (Fsp3) is 0.441. The molecule has 0 radical (unpaired) electrons. The molecule has 0 unspecified atom stereocenters. The van der Waals surface area contributed by atoms with Gasteiger partial charge < -0.3 is 99.4 Å². The number of carbonyl (C=O) groups excluding carboxylic acids is 12. The number of aliphatic hydroxyl groups is 1. The lowest BCUT2D eigenvalue weighted by atomic mass is 10.0. The highest BCUT2D eigenvalue weighted by Gasteiger charge is 2.37. The molecule has 0 saturated carbocycles. The first kappa shape index (κ1) is 89.1. The number of rotatable bonds is 47. The van der Waals surface area contributed by atoms with Crippen LogP contribution >= 0.6 is 0 Å². The maximum atomic E-state index is 14.4. The van der Waals surface area contributed by atoms with Crippen LogP contribution in [-0.2, 0) is 86.8 Å². The van der Waals surface area contributed by atoms with Gasteiger partial charge in [-0.05, 0) is 113 Å². The summed E-state index contributed by atoms with van der Waals surface area (Å²) in [4.78, 5) is 210. The van der Waals surface area contributed by atoms with E-state index in [-0.39, 0.29) is 44.3 Å². The van der Waals surface area contributed by atoms with E-state index in [1.165, 1.54) is 37.3 Å². The Bertz CT molecular complexity index is 4090. The third kappa shape index (κ3) is 31.0. The van der Waals surface area contributed by atoms with E-state index in [2.05, 4.69) is 68.7 Å². The molecule has 0 fully saturated rings. The van der Waals surface area contributed by atoms with Gasteiger partial charge in [-0.2, -0.15) is 18.6 Å². The summed E-state index contributed by atoms with van der Waals surface area (Å²) < 4.78 is 39.2. The molecule has 0 aromatic heterocycles. The highest BCUT2D eigenvalue weighted by atomic mass is 32.2. The lowest BCUT2D eigenvalue weighted by Gasteiger charge is -2.27. The Kier molecular flexibility index (Phi) is 36.0. The van der Waals surface area contributed by atoms with Crippen LogP contribution in [0.5, 0.6) is 0 Å². The Morgan fingerprint density at radius 1 is 0.505 bits per heavy atom. The number of ether oxygens (including phenoxy) is 1. The predicted octanol–water partition coefficient (Wildman–Crippen LogP) is -1.13. The van der Waals surface area contributed by atoms with Gasteiger partial charge >= 0.3 is 29.8 Å². The number of carboxylic acid groups (broad SMARTS) is 4. The number of carboxylic acids is 4. The van der Waals surface area contributed by atoms with Gasteiger partial charge in [-0.15, -0.1) is 0 Å². The number of azo groups is 1. The number of unbranched alkanes of at least 4 members (excludes halogenated alkanes) is 1. The molecule has 19 N–H and O–H groups in total. The van der Waals surface area contributed by atoms with Crippen molar-refractivity contribution in [3.8, 4) is 0 Å². The number of amides is 11. The second kappa shape index (κ2) is 44.0. The zero-order valence-corrected chi connectivity index (χ0v) is 60.7. The second-order valence-corrected chi connectivity index (χ2v) is 26.1. The summed E-state index contributed by atoms with van der Waals surface area (Å²) in [5.74, 6) is -20.1. The molecule has 0 aliphatic heterocycles. The number of esters is 1. The predicted molar refractivity (Wildman–Crippen MR) is 384 cm³/mol. The number of nitrogens with one attached hydrogen (secondary N) is 11. The van der Waals surface area contributed by atoms with Gasteiger partial charge in [0.25, 0.3) is 21.9 Å². The van der Waals surface area contributed by atoms with Gasteiger partial charge in [0.15, 0.2) is 6.10 Å². The molecule has 40 nitrogen and oxygen atoms in total. The summed E-state index contributed by atoms with van der Waals surface area (Å²) in [7, 11) is -0.854. The zero-order valence-electron chi connectivity index (χ0n) is 59.9. The van der Waals surface area contributed by atoms with E-state index in [1.54, 1.807) is 24.3 Å². The average molecular weight is 1550 g/mol. The number of hydrogen-bond donors (Lipinski definition) is 18. The highest BCUT2D eigenvalue weighted by Crippen LogP contribution is 2.29. The molecule has 4 aromatic rings. The molecule has 0 aliphatic carbocycles. The van der Waals surface area contributed by atoms with E-state index in [0.29, 0.717) is 34.4 Å². The highest BCUT2D eigenvalue weighted by molar-refractivity contribution is 7.86. The van der Waals surface area contributed by atoms with Crippen LogP contribution in [-0.4, -0.2) is 228 Å². The normalized spacial score (nSPS) is 13.6. The minimum absolute atomic E-state index is 0.0468. The first-order chi connectivity index (χ1) is 51.4. The van der Waals surface area contributed by atoms with Crippen LogP contribution in [0.1, 0.15) is 108 Å². The van der Waals surface area contributed by atoms with Crippen molar-refractivity contribution < 1.29 is 120 Å². The van der Waals surface area contributed by atoms with Crippen molar-refractivity contribution in [1.29, 1.82) is 0 Å². The van der Waals surface area contributed by atoms with Gasteiger partial charge in [-0.3, -0.25) is 76.5 Å². The molecule has 0 bridgehead atoms. The Labute approximate surface area is 623 Å². The van der Waals surface area contributed by atoms with E-state index in [4.69, 9.17) is 10.5 Å². The molecule has 0 saturated heterocycles. The second-order valence-electron chi connectivity index (χ2n) is 24.7. The topological polar surface area (TPSA) is 624 Å². The first-order valence-electron chi connectivity index (χ1n) is 33.9. The zero-order chi connectivity index (χ0) is 81.2. The fourth-order valence-electron chi connectivity index (χ4n) is 10.2. The van der Waals surface area contributed by atoms with Gasteiger partial charge in [0.05, 0.1) is 30.8 Å². The summed E-state index contributed by atoms with van der Waals surface area (Å²) in [6.45, 7) is 1.97. The van der Waals surface area contributed by atoms with Crippen molar-refractivity contribution in [1.82, 2.24) is 53.2 Å². The largest absolute Gasteiger partial charge is 0.481 e. The van der Waals surface area contributed by atoms with Crippen LogP contribution in [0.15, 0.2) is 100 Å². The molecule has 4 aromatic carbocycles. The molecule has 4 rings (SSSR count). The van der Waals surface area contributed by atoms with Crippen LogP contribution in [0, 0.1) is 0 Å². The third-order valence-corrected chi connectivity index (χ3v) is 16.9. The molecule has 109 heavy (non-hydrogen) atoms. The van der Waals surface area contributed by atoms with Gasteiger partial charge in [0, 0.05) is 87.6 Å². The van der Waals surface area contributed by atoms with Gasteiger partial charge in [-0.25, -0.2) is 4.79 Å². The lowest BCUT2D eigenvalue weighted by molar-refractivity contribution is -0.158. The van der Waals surface area contributed by atoms with Crippen LogP contribution in [0.2, 0.25) is 0 Å². The number of aliphatic hydroxyl groups excluding tert-OH is 1. The fourth-order valence-corrected chi connectivity index (χ4v) is 10.9. The molecule has 11 amide bonds. The van der Waals surface area contributed by atoms with Gasteiger partial charge in [-0.1, -0.05) is 31.2 Å². The summed E-state index contributed by atoms with van der Waals surface area (Å²) in [5.41, 5.74) is 8.31. The molecular formula is C68H89N15O25S. The smallest absolute Gasteiger partial charge is 0.329 e. The third-order valence-electron chi connectivity index (χ3n) is 16.0. The number of nitrogens with zero attached hydrogens (tertiary/aromatic N) is 3. The molecule has 9 atom stereocenters. The summed E-state index contributed by atoms with van der Waals surface area (Å²) >= 11 is 0. The number of carbonyl (C=O) groups is 16. The number of benzene rings is 4. The van der Waals surface area contributed by atoms with E-state index in [0.717, 1.165) is 25.6 Å². The minimum Gasteiger partial charge on any atom is -0.481 e. The number of aliphatic carboxylic acids is 4. The van der Waals surface area contributed by atoms with Crippen molar-refractivity contribution in [2.45, 2.75) is 157 Å². The first-order valence-corrected chi connectivity index (χ1v) is 35.3. The van der Waals surface area contributed by atoms with Crippen LogP contribution in [0.3, 0.4) is 0 Å². The quantitative estimate of drug-likeness (QED) is 0.0108. The Balaban J connectivity index is 1.45. The molecule has 592 valence electrons. The SMILES string of the molecule is CC[C@H](NC(=O)[C@H](CCC(=O)O)NC(=O)[C@H](CCC(=O)O)NC(=O)[C@H](CC(=O)NCCNc1cccc2c(S(=O)(=O)O)cccc12)NC(=O)[C@H](CCC(=O)O)NC(=O)[C@H](CC(=O)O)NC(C)=O)C(=O)O[C@@H](C)C(=O)N[C@@H](CO)C(=O)N[C@@H](CCCCNC(=O)c1ccc(N=Nc2ccc(N(C)C)cc2)cc1)C(N)=O. The number of hydrogen-bond acceptors (Lipinski definition) is 24. The Morgan fingerprint density at radius 2 is 0.963 bits per heavy atom. The van der Waals surface area contributed by atoms with Crippen LogP contribution < -0.4 is 69.1 Å². The van der Waals surface area contributed by atoms with E-state index < -0.39 is 222 Å². The van der Waals surface area contributed by atoms with E-state index >= 15 is 0 Å². The van der Waals surface area contributed by atoms with Crippen LogP contribution in [0.25, 0.3) is 10.8 Å². The molecule has 41 heteroatoms. The number of primary amides is 1. The molecule has 0 spiro atoms. The number of nitrogens with two attached hydrogens (primary N) is 1. The number of anilines is 2. The molecular weight excluding hydrogens is 1460 g/mol. The Morgan fingerprint density at radius 3 is 1.44 bits per heavy atom. The van der Waals surface area contributed by atoms with Crippen molar-refractivity contribution in [3.05, 3.63) is 90.5 Å². The summed E-state index contributed by atoms with van der Waals surface area (Å²) in [5, 5.41) is 82.8. The van der Waals surface area contributed by atoms with Gasteiger partial charge in [0.1, 0.15) is 53.2 Å². The summed E-state index contributed by atoms with van der Waals surface area (Å²) in [6, 6.07) is 7.36. The average Bonchev–Trinajstić information content (AvgIpc) is 0.785. The Hall–Kier alpha value is -12.3. The standard InChI is InChI=1S/C68H89N15O25S/c1-6-44(68(104)108-36(2)60(96)80-52(35-84)67(103)75-46(59(69)95)13-7-8-30-72-61(97)38-16-18-39(19-17-38)81-82-40-20-22-41(23-21-40)83(4)5)74-62(98)47(24-27-55(87)88)76-63(99)48(25-28-56(89)90)77-65(101)50(79-64(100)49(26-29-57(91)92)78-66(102)51(34-58(93)94)73-37(3)85)33-54(86)71-32-31-70-45-14-9-12-43-42(45)11-10-15-53(43)109(105,106)107/h9-12,14-23,36,44,46-52,70,84H,6-8,13,24-35H2,1-5H3,(H2,69,95)(H,71,86)(H,72,97)(H,73,85)(H,74,98)(H,75,103)(H,76,99)(H,77,101)(H,78,102)(H,79,100)(H,80,96)(H,87,88)(H,89,90)(H,91,92)(H,93,94)(H,105,106,107)/t36-,44-,46-,47-,48-,49-,50-,51-,52-/m0/s1. The maximum Gasteiger partial charge on any atom is 0.329 e.